The second kappa shape index (κ2) is 4.30. The van der Waals surface area contributed by atoms with Gasteiger partial charge in [-0.15, -0.1) is 0 Å². The molecule has 0 aromatic carbocycles. The highest BCUT2D eigenvalue weighted by Gasteiger charge is 2.44. The van der Waals surface area contributed by atoms with Gasteiger partial charge >= 0.3 is 0 Å². The number of hydrogen-bond acceptors (Lipinski definition) is 2. The van der Waals surface area contributed by atoms with E-state index in [1.54, 1.807) is 0 Å². The van der Waals surface area contributed by atoms with Gasteiger partial charge in [-0.25, -0.2) is 0 Å². The fourth-order valence-corrected chi connectivity index (χ4v) is 2.16. The van der Waals surface area contributed by atoms with Gasteiger partial charge < -0.3 is 10.2 Å². The van der Waals surface area contributed by atoms with E-state index in [1.165, 1.54) is 0 Å². The van der Waals surface area contributed by atoms with Crippen LogP contribution in [0.25, 0.3) is 0 Å². The minimum absolute atomic E-state index is 0.148. The van der Waals surface area contributed by atoms with Crippen LogP contribution in [0, 0.1) is 11.3 Å². The van der Waals surface area contributed by atoms with Crippen molar-refractivity contribution >= 4 is 5.91 Å². The number of carbonyl (C=O) groups is 1. The van der Waals surface area contributed by atoms with Gasteiger partial charge in [-0.05, 0) is 25.8 Å². The number of rotatable bonds is 3. The summed E-state index contributed by atoms with van der Waals surface area (Å²) in [7, 11) is 1.89. The maximum absolute atomic E-state index is 12.2. The number of nitrogens with one attached hydrogen (secondary N) is 1. The van der Waals surface area contributed by atoms with Gasteiger partial charge in [0.05, 0.1) is 5.41 Å². The number of amides is 1. The molecule has 1 aliphatic rings. The van der Waals surface area contributed by atoms with E-state index in [9.17, 15) is 4.79 Å². The van der Waals surface area contributed by atoms with Crippen LogP contribution in [0.3, 0.4) is 0 Å². The molecule has 1 aliphatic heterocycles. The summed E-state index contributed by atoms with van der Waals surface area (Å²) in [4.78, 5) is 14.1. The summed E-state index contributed by atoms with van der Waals surface area (Å²) in [6.07, 6.45) is 0.980. The molecule has 0 aliphatic carbocycles. The molecule has 3 heteroatoms. The molecule has 1 amide bonds. The Bertz CT molecular complexity index is 207. The summed E-state index contributed by atoms with van der Waals surface area (Å²) < 4.78 is 0. The molecule has 1 heterocycles. The summed E-state index contributed by atoms with van der Waals surface area (Å²) >= 11 is 0. The first-order chi connectivity index (χ1) is 6.54. The van der Waals surface area contributed by atoms with E-state index in [0.29, 0.717) is 11.8 Å². The Balaban J connectivity index is 2.82. The SMILES string of the molecule is CCN(C)C(=O)C1(C(C)C)CCNC1. The fourth-order valence-electron chi connectivity index (χ4n) is 2.16. The standard InChI is InChI=1S/C11H22N2O/c1-5-13(4)10(14)11(9(2)3)6-7-12-8-11/h9,12H,5-8H2,1-4H3. The summed E-state index contributed by atoms with van der Waals surface area (Å²) in [6, 6.07) is 0. The van der Waals surface area contributed by atoms with Crippen molar-refractivity contribution < 1.29 is 4.79 Å². The van der Waals surface area contributed by atoms with Gasteiger partial charge in [-0.1, -0.05) is 13.8 Å². The Morgan fingerprint density at radius 1 is 1.57 bits per heavy atom. The van der Waals surface area contributed by atoms with Gasteiger partial charge in [0.1, 0.15) is 0 Å². The molecule has 3 nitrogen and oxygen atoms in total. The molecule has 1 rings (SSSR count). The summed E-state index contributed by atoms with van der Waals surface area (Å²) in [5.41, 5.74) is -0.148. The molecular formula is C11H22N2O. The number of nitrogens with zero attached hydrogens (tertiary/aromatic N) is 1. The van der Waals surface area contributed by atoms with Crippen LogP contribution < -0.4 is 5.32 Å². The van der Waals surface area contributed by atoms with Crippen molar-refractivity contribution in [3.63, 3.8) is 0 Å². The van der Waals surface area contributed by atoms with E-state index in [-0.39, 0.29) is 5.41 Å². The van der Waals surface area contributed by atoms with Gasteiger partial charge in [-0.2, -0.15) is 0 Å². The number of carbonyl (C=O) groups excluding carboxylic acids is 1. The third-order valence-electron chi connectivity index (χ3n) is 3.54. The highest BCUT2D eigenvalue weighted by Crippen LogP contribution is 2.35. The van der Waals surface area contributed by atoms with E-state index in [0.717, 1.165) is 26.1 Å². The van der Waals surface area contributed by atoms with Crippen LogP contribution in [0.15, 0.2) is 0 Å². The predicted molar refractivity (Wildman–Crippen MR) is 58.1 cm³/mol. The summed E-state index contributed by atoms with van der Waals surface area (Å²) in [5, 5.41) is 3.31. The zero-order chi connectivity index (χ0) is 10.8. The lowest BCUT2D eigenvalue weighted by atomic mass is 9.75. The Hall–Kier alpha value is -0.570. The molecule has 0 aromatic heterocycles. The molecule has 1 unspecified atom stereocenters. The minimum atomic E-state index is -0.148. The van der Waals surface area contributed by atoms with Crippen molar-refractivity contribution in [1.29, 1.82) is 0 Å². The van der Waals surface area contributed by atoms with Crippen LogP contribution >= 0.6 is 0 Å². The van der Waals surface area contributed by atoms with Crippen LogP contribution in [0.5, 0.6) is 0 Å². The van der Waals surface area contributed by atoms with Crippen molar-refractivity contribution in [2.45, 2.75) is 27.2 Å². The van der Waals surface area contributed by atoms with Crippen LogP contribution in [0.4, 0.5) is 0 Å². The second-order valence-electron chi connectivity index (χ2n) is 4.56. The Labute approximate surface area is 86.9 Å². The Morgan fingerprint density at radius 2 is 2.21 bits per heavy atom. The molecule has 1 N–H and O–H groups in total. The van der Waals surface area contributed by atoms with Gasteiger partial charge in [0.2, 0.25) is 5.91 Å². The van der Waals surface area contributed by atoms with Crippen LogP contribution in [0.1, 0.15) is 27.2 Å². The van der Waals surface area contributed by atoms with Gasteiger partial charge in [-0.3, -0.25) is 4.79 Å². The topological polar surface area (TPSA) is 32.3 Å². The van der Waals surface area contributed by atoms with Crippen molar-refractivity contribution in [3.8, 4) is 0 Å². The van der Waals surface area contributed by atoms with Crippen molar-refractivity contribution in [1.82, 2.24) is 10.2 Å². The summed E-state index contributed by atoms with van der Waals surface area (Å²) in [6.45, 7) is 8.93. The van der Waals surface area contributed by atoms with Crippen LogP contribution in [0.2, 0.25) is 0 Å². The van der Waals surface area contributed by atoms with E-state index in [4.69, 9.17) is 0 Å². The normalized spacial score (nSPS) is 26.9. The highest BCUT2D eigenvalue weighted by atomic mass is 16.2. The second-order valence-corrected chi connectivity index (χ2v) is 4.56. The maximum Gasteiger partial charge on any atom is 0.230 e. The van der Waals surface area contributed by atoms with Crippen molar-refractivity contribution in [2.75, 3.05) is 26.7 Å². The van der Waals surface area contributed by atoms with Crippen LogP contribution in [-0.2, 0) is 4.79 Å². The van der Waals surface area contributed by atoms with E-state index in [2.05, 4.69) is 19.2 Å². The molecular weight excluding hydrogens is 176 g/mol. The first-order valence-electron chi connectivity index (χ1n) is 5.51. The Kier molecular flexibility index (Phi) is 3.53. The third kappa shape index (κ3) is 1.78. The average molecular weight is 198 g/mol. The molecule has 1 fully saturated rings. The quantitative estimate of drug-likeness (QED) is 0.736. The fraction of sp³-hybridized carbons (Fsp3) is 0.909. The minimum Gasteiger partial charge on any atom is -0.346 e. The van der Waals surface area contributed by atoms with Crippen molar-refractivity contribution in [3.05, 3.63) is 0 Å². The first-order valence-corrected chi connectivity index (χ1v) is 5.51. The van der Waals surface area contributed by atoms with E-state index >= 15 is 0 Å². The zero-order valence-corrected chi connectivity index (χ0v) is 9.76. The molecule has 0 saturated carbocycles. The molecule has 1 atom stereocenters. The molecule has 0 bridgehead atoms. The largest absolute Gasteiger partial charge is 0.346 e. The lowest BCUT2D eigenvalue weighted by molar-refractivity contribution is -0.142. The lowest BCUT2D eigenvalue weighted by Crippen LogP contribution is -2.46. The predicted octanol–water partition coefficient (Wildman–Crippen LogP) is 1.10. The monoisotopic (exact) mass is 198 g/mol. The summed E-state index contributed by atoms with van der Waals surface area (Å²) in [5.74, 6) is 0.721. The average Bonchev–Trinajstić information content (AvgIpc) is 2.65. The molecule has 14 heavy (non-hydrogen) atoms. The zero-order valence-electron chi connectivity index (χ0n) is 9.76. The first kappa shape index (κ1) is 11.5. The Morgan fingerprint density at radius 3 is 2.57 bits per heavy atom. The molecule has 1 saturated heterocycles. The van der Waals surface area contributed by atoms with E-state index < -0.39 is 0 Å². The molecule has 82 valence electrons. The van der Waals surface area contributed by atoms with Crippen molar-refractivity contribution in [2.24, 2.45) is 11.3 Å². The smallest absolute Gasteiger partial charge is 0.230 e. The van der Waals surface area contributed by atoms with Gasteiger partial charge in [0, 0.05) is 20.1 Å². The van der Waals surface area contributed by atoms with Gasteiger partial charge in [0.25, 0.3) is 0 Å². The lowest BCUT2D eigenvalue weighted by Gasteiger charge is -2.34. The van der Waals surface area contributed by atoms with Gasteiger partial charge in [0.15, 0.2) is 0 Å². The van der Waals surface area contributed by atoms with Crippen LogP contribution in [-0.4, -0.2) is 37.5 Å². The number of hydrogen-bond donors (Lipinski definition) is 1. The van der Waals surface area contributed by atoms with E-state index in [1.807, 2.05) is 18.9 Å². The third-order valence-corrected chi connectivity index (χ3v) is 3.54. The molecule has 0 spiro atoms. The maximum atomic E-state index is 12.2. The molecule has 0 radical (unpaired) electrons. The molecule has 0 aromatic rings. The highest BCUT2D eigenvalue weighted by molar-refractivity contribution is 5.83.